The number of likely N-dealkylation sites (tertiary alicyclic amines) is 1. The predicted octanol–water partition coefficient (Wildman–Crippen LogP) is -0.658. The van der Waals surface area contributed by atoms with E-state index < -0.39 is 18.1 Å². The maximum atomic E-state index is 12.7. The van der Waals surface area contributed by atoms with Gasteiger partial charge in [-0.3, -0.25) is 24.6 Å². The lowest BCUT2D eigenvalue weighted by Gasteiger charge is -2.34. The van der Waals surface area contributed by atoms with E-state index in [1.54, 1.807) is 11.0 Å². The number of benzene rings is 1. The fourth-order valence-corrected chi connectivity index (χ4v) is 4.32. The van der Waals surface area contributed by atoms with Crippen molar-refractivity contribution >= 4 is 17.7 Å². The van der Waals surface area contributed by atoms with Gasteiger partial charge in [0.1, 0.15) is 6.04 Å². The van der Waals surface area contributed by atoms with E-state index >= 15 is 0 Å². The highest BCUT2D eigenvalue weighted by Crippen LogP contribution is 2.28. The number of carbonyl (C=O) groups excluding carboxylic acids is 3. The molecule has 144 valence electrons. The van der Waals surface area contributed by atoms with Crippen LogP contribution in [0, 0.1) is 0 Å². The minimum atomic E-state index is -0.596. The average Bonchev–Trinajstić information content (AvgIpc) is 2.90. The zero-order chi connectivity index (χ0) is 19.1. The number of hydrogen-bond acceptors (Lipinski definition) is 6. The van der Waals surface area contributed by atoms with Gasteiger partial charge in [-0.15, -0.1) is 0 Å². The molecule has 2 fully saturated rings. The Labute approximate surface area is 157 Å². The van der Waals surface area contributed by atoms with Gasteiger partial charge in [0.15, 0.2) is 0 Å². The van der Waals surface area contributed by atoms with Crippen molar-refractivity contribution in [3.05, 3.63) is 34.9 Å². The highest BCUT2D eigenvalue weighted by molar-refractivity contribution is 6.05. The maximum absolute atomic E-state index is 12.7. The second kappa shape index (κ2) is 7.03. The molecular formula is C19H24N4O4. The number of piperidine rings is 2. The van der Waals surface area contributed by atoms with Crippen molar-refractivity contribution in [2.75, 3.05) is 13.1 Å². The smallest absolute Gasteiger partial charge is 0.255 e. The van der Waals surface area contributed by atoms with Crippen LogP contribution in [0.5, 0.6) is 0 Å². The molecule has 0 radical (unpaired) electrons. The highest BCUT2D eigenvalue weighted by atomic mass is 16.3. The van der Waals surface area contributed by atoms with Crippen LogP contribution in [-0.2, 0) is 22.7 Å². The largest absolute Gasteiger partial charge is 0.392 e. The Morgan fingerprint density at radius 2 is 2.04 bits per heavy atom. The molecule has 0 saturated carbocycles. The molecule has 0 spiro atoms. The van der Waals surface area contributed by atoms with Gasteiger partial charge in [0.2, 0.25) is 11.8 Å². The molecule has 0 aromatic heterocycles. The van der Waals surface area contributed by atoms with Crippen LogP contribution in [0.1, 0.15) is 40.7 Å². The Morgan fingerprint density at radius 3 is 2.78 bits per heavy atom. The number of fused-ring (bicyclic) bond motifs is 1. The van der Waals surface area contributed by atoms with Gasteiger partial charge in [-0.2, -0.15) is 0 Å². The van der Waals surface area contributed by atoms with E-state index in [0.717, 1.165) is 17.7 Å². The van der Waals surface area contributed by atoms with Crippen LogP contribution in [0.4, 0.5) is 0 Å². The van der Waals surface area contributed by atoms with E-state index in [4.69, 9.17) is 5.73 Å². The summed E-state index contributed by atoms with van der Waals surface area (Å²) in [6.45, 7) is 2.35. The van der Waals surface area contributed by atoms with Gasteiger partial charge >= 0.3 is 0 Å². The third-order valence-corrected chi connectivity index (χ3v) is 5.53. The number of rotatable bonds is 3. The maximum Gasteiger partial charge on any atom is 0.255 e. The Balaban J connectivity index is 1.47. The quantitative estimate of drug-likeness (QED) is 0.607. The number of hydrogen-bond donors (Lipinski definition) is 3. The lowest BCUT2D eigenvalue weighted by Crippen LogP contribution is -2.52. The Hall–Kier alpha value is -2.29. The van der Waals surface area contributed by atoms with E-state index in [9.17, 15) is 19.5 Å². The molecule has 3 aliphatic heterocycles. The fourth-order valence-electron chi connectivity index (χ4n) is 4.32. The first-order valence-corrected chi connectivity index (χ1v) is 9.33. The summed E-state index contributed by atoms with van der Waals surface area (Å²) in [6, 6.07) is 5.08. The summed E-state index contributed by atoms with van der Waals surface area (Å²) in [5.74, 6) is -0.852. The fraction of sp³-hybridized carbons (Fsp3) is 0.526. The van der Waals surface area contributed by atoms with Gasteiger partial charge in [-0.1, -0.05) is 12.1 Å². The van der Waals surface area contributed by atoms with Crippen molar-refractivity contribution in [1.29, 1.82) is 0 Å². The van der Waals surface area contributed by atoms with Crippen LogP contribution in [0.15, 0.2) is 18.2 Å². The topological polar surface area (TPSA) is 116 Å². The van der Waals surface area contributed by atoms with Crippen molar-refractivity contribution in [3.63, 3.8) is 0 Å². The molecule has 27 heavy (non-hydrogen) atoms. The summed E-state index contributed by atoms with van der Waals surface area (Å²) in [4.78, 5) is 39.8. The number of carbonyl (C=O) groups is 3. The molecule has 3 aliphatic rings. The first kappa shape index (κ1) is 18.1. The van der Waals surface area contributed by atoms with Gasteiger partial charge in [0.25, 0.3) is 5.91 Å². The van der Waals surface area contributed by atoms with Gasteiger partial charge in [-0.25, -0.2) is 0 Å². The van der Waals surface area contributed by atoms with Crippen LogP contribution in [0.25, 0.3) is 0 Å². The van der Waals surface area contributed by atoms with Crippen LogP contribution >= 0.6 is 0 Å². The van der Waals surface area contributed by atoms with Crippen molar-refractivity contribution < 1.29 is 19.5 Å². The number of imide groups is 1. The third kappa shape index (κ3) is 3.60. The van der Waals surface area contributed by atoms with Gasteiger partial charge in [0, 0.05) is 44.2 Å². The minimum absolute atomic E-state index is 0.0345. The SMILES string of the molecule is NC1CC(O)CN(Cc2ccc3c(c2)CN(C2CCC(=O)NC2=O)C3=O)C1. The number of aliphatic hydroxyl groups excluding tert-OH is 1. The van der Waals surface area contributed by atoms with Crippen LogP contribution in [0.3, 0.4) is 0 Å². The first-order chi connectivity index (χ1) is 12.9. The summed E-state index contributed by atoms with van der Waals surface area (Å²) in [5, 5.41) is 12.2. The number of β-amino-alcohol motifs (C(OH)–C–C–N with tert-alkyl or cyclic N) is 1. The van der Waals surface area contributed by atoms with E-state index in [1.165, 1.54) is 0 Å². The number of aliphatic hydroxyl groups is 1. The molecule has 0 bridgehead atoms. The molecular weight excluding hydrogens is 348 g/mol. The predicted molar refractivity (Wildman–Crippen MR) is 96.4 cm³/mol. The minimum Gasteiger partial charge on any atom is -0.392 e. The highest BCUT2D eigenvalue weighted by Gasteiger charge is 2.39. The molecule has 1 aromatic carbocycles. The first-order valence-electron chi connectivity index (χ1n) is 9.33. The van der Waals surface area contributed by atoms with Crippen molar-refractivity contribution in [2.24, 2.45) is 5.73 Å². The van der Waals surface area contributed by atoms with Gasteiger partial charge in [0.05, 0.1) is 6.10 Å². The zero-order valence-electron chi connectivity index (χ0n) is 15.1. The average molecular weight is 372 g/mol. The molecule has 3 amide bonds. The van der Waals surface area contributed by atoms with E-state index in [1.807, 2.05) is 12.1 Å². The molecule has 1 aromatic rings. The van der Waals surface area contributed by atoms with Crippen LogP contribution < -0.4 is 11.1 Å². The lowest BCUT2D eigenvalue weighted by atomic mass is 10.0. The summed E-state index contributed by atoms with van der Waals surface area (Å²) in [6.07, 6.45) is 0.823. The molecule has 3 atom stereocenters. The van der Waals surface area contributed by atoms with Gasteiger partial charge < -0.3 is 15.7 Å². The number of nitrogens with one attached hydrogen (secondary N) is 1. The lowest BCUT2D eigenvalue weighted by molar-refractivity contribution is -0.136. The molecule has 2 saturated heterocycles. The summed E-state index contributed by atoms with van der Waals surface area (Å²) in [5.41, 5.74) is 8.54. The number of nitrogens with zero attached hydrogens (tertiary/aromatic N) is 2. The van der Waals surface area contributed by atoms with Crippen LogP contribution in [0.2, 0.25) is 0 Å². The third-order valence-electron chi connectivity index (χ3n) is 5.53. The second-order valence-corrected chi connectivity index (χ2v) is 7.74. The molecule has 4 N–H and O–H groups in total. The van der Waals surface area contributed by atoms with Crippen molar-refractivity contribution in [3.8, 4) is 0 Å². The van der Waals surface area contributed by atoms with E-state index in [2.05, 4.69) is 10.2 Å². The van der Waals surface area contributed by atoms with Crippen LogP contribution in [-0.4, -0.2) is 63.9 Å². The number of amides is 3. The Bertz CT molecular complexity index is 786. The van der Waals surface area contributed by atoms with Crippen molar-refractivity contribution in [2.45, 2.75) is 50.5 Å². The van der Waals surface area contributed by atoms with Crippen molar-refractivity contribution in [1.82, 2.24) is 15.1 Å². The summed E-state index contributed by atoms with van der Waals surface area (Å²) >= 11 is 0. The number of nitrogens with two attached hydrogens (primary N) is 1. The molecule has 0 aliphatic carbocycles. The molecule has 4 rings (SSSR count). The standard InChI is InChI=1S/C19H24N4O4/c20-13-6-14(24)10-22(9-13)7-11-1-2-15-12(5-11)8-23(19(15)27)16-3-4-17(25)21-18(16)26/h1-2,5,13-14,16,24H,3-4,6-10,20H2,(H,21,25,26). The summed E-state index contributed by atoms with van der Waals surface area (Å²) in [7, 11) is 0. The Kier molecular flexibility index (Phi) is 4.71. The zero-order valence-corrected chi connectivity index (χ0v) is 15.1. The van der Waals surface area contributed by atoms with E-state index in [-0.39, 0.29) is 24.3 Å². The molecule has 8 nitrogen and oxygen atoms in total. The summed E-state index contributed by atoms with van der Waals surface area (Å²) < 4.78 is 0. The molecule has 8 heteroatoms. The second-order valence-electron chi connectivity index (χ2n) is 7.74. The van der Waals surface area contributed by atoms with Gasteiger partial charge in [-0.05, 0) is 30.0 Å². The molecule has 3 unspecified atom stereocenters. The van der Waals surface area contributed by atoms with E-state index in [0.29, 0.717) is 38.0 Å². The Morgan fingerprint density at radius 1 is 1.22 bits per heavy atom. The normalized spacial score (nSPS) is 29.0. The molecule has 3 heterocycles. The monoisotopic (exact) mass is 372 g/mol.